The number of nitrogens with zero attached hydrogens (tertiary/aromatic N) is 1. The maximum atomic E-state index is 9.01. The Hall–Kier alpha value is -0.870. The van der Waals surface area contributed by atoms with Crippen molar-refractivity contribution in [3.05, 3.63) is 17.5 Å². The second-order valence-corrected chi connectivity index (χ2v) is 3.69. The van der Waals surface area contributed by atoms with Crippen LogP contribution in [0.5, 0.6) is 0 Å². The largest absolute Gasteiger partial charge is 0.391 e. The van der Waals surface area contributed by atoms with Gasteiger partial charge in [0, 0.05) is 25.2 Å². The molecule has 0 saturated carbocycles. The molecule has 1 aliphatic heterocycles. The number of rotatable bonds is 3. The molecule has 0 aromatic carbocycles. The lowest BCUT2D eigenvalue weighted by molar-refractivity contribution is 0.0644. The molecule has 0 unspecified atom stereocenters. The lowest BCUT2D eigenvalue weighted by Gasteiger charge is -2.20. The Labute approximate surface area is 82.9 Å². The minimum absolute atomic E-state index is 0.0159. The number of aliphatic hydroxyl groups is 1. The standard InChI is InChI=1S/C10H15NO3/c12-7-9-6-11-14-10(9)5-8-1-3-13-4-2-8/h6,8,12H,1-5,7H2. The smallest absolute Gasteiger partial charge is 0.142 e. The molecule has 0 spiro atoms. The first kappa shape index (κ1) is 9.68. The van der Waals surface area contributed by atoms with Crippen molar-refractivity contribution in [1.29, 1.82) is 0 Å². The van der Waals surface area contributed by atoms with Crippen molar-refractivity contribution in [1.82, 2.24) is 5.16 Å². The predicted octanol–water partition coefficient (Wildman–Crippen LogP) is 1.14. The molecule has 78 valence electrons. The van der Waals surface area contributed by atoms with Gasteiger partial charge >= 0.3 is 0 Å². The third-order valence-corrected chi connectivity index (χ3v) is 2.71. The van der Waals surface area contributed by atoms with Crippen LogP contribution < -0.4 is 0 Å². The van der Waals surface area contributed by atoms with Gasteiger partial charge in [-0.2, -0.15) is 0 Å². The summed E-state index contributed by atoms with van der Waals surface area (Å²) in [5.41, 5.74) is 0.816. The monoisotopic (exact) mass is 197 g/mol. The molecular weight excluding hydrogens is 182 g/mol. The zero-order valence-corrected chi connectivity index (χ0v) is 8.11. The summed E-state index contributed by atoms with van der Waals surface area (Å²) in [5, 5.41) is 12.7. The molecular formula is C10H15NO3. The van der Waals surface area contributed by atoms with Crippen LogP contribution >= 0.6 is 0 Å². The summed E-state index contributed by atoms with van der Waals surface area (Å²) in [4.78, 5) is 0. The quantitative estimate of drug-likeness (QED) is 0.789. The van der Waals surface area contributed by atoms with E-state index < -0.39 is 0 Å². The zero-order valence-electron chi connectivity index (χ0n) is 8.11. The van der Waals surface area contributed by atoms with Crippen molar-refractivity contribution in [2.75, 3.05) is 13.2 Å². The van der Waals surface area contributed by atoms with E-state index in [2.05, 4.69) is 5.16 Å². The summed E-state index contributed by atoms with van der Waals surface area (Å²) in [5.74, 6) is 1.45. The van der Waals surface area contributed by atoms with E-state index >= 15 is 0 Å². The zero-order chi connectivity index (χ0) is 9.80. The van der Waals surface area contributed by atoms with E-state index in [1.807, 2.05) is 0 Å². The molecule has 0 atom stereocenters. The minimum Gasteiger partial charge on any atom is -0.391 e. The van der Waals surface area contributed by atoms with Crippen LogP contribution in [0, 0.1) is 5.92 Å². The van der Waals surface area contributed by atoms with Crippen LogP contribution in [0.2, 0.25) is 0 Å². The SMILES string of the molecule is OCc1cnoc1CC1CCOCC1. The number of hydrogen-bond donors (Lipinski definition) is 1. The second-order valence-electron chi connectivity index (χ2n) is 3.69. The third-order valence-electron chi connectivity index (χ3n) is 2.71. The van der Waals surface area contributed by atoms with Gasteiger partial charge in [0.05, 0.1) is 12.8 Å². The lowest BCUT2D eigenvalue weighted by atomic mass is 9.94. The van der Waals surface area contributed by atoms with Gasteiger partial charge in [-0.25, -0.2) is 0 Å². The summed E-state index contributed by atoms with van der Waals surface area (Å²) in [7, 11) is 0. The third kappa shape index (κ3) is 2.13. The molecule has 1 fully saturated rings. The average Bonchev–Trinajstić information content (AvgIpc) is 2.67. The van der Waals surface area contributed by atoms with Crippen LogP contribution in [0.4, 0.5) is 0 Å². The molecule has 1 aromatic rings. The number of aromatic nitrogens is 1. The highest BCUT2D eigenvalue weighted by atomic mass is 16.5. The van der Waals surface area contributed by atoms with Gasteiger partial charge in [-0.3, -0.25) is 0 Å². The van der Waals surface area contributed by atoms with Crippen LogP contribution in [0.15, 0.2) is 10.7 Å². The van der Waals surface area contributed by atoms with E-state index in [4.69, 9.17) is 14.4 Å². The van der Waals surface area contributed by atoms with Crippen LogP contribution in [0.25, 0.3) is 0 Å². The maximum absolute atomic E-state index is 9.01. The lowest BCUT2D eigenvalue weighted by Crippen LogP contribution is -2.17. The molecule has 2 rings (SSSR count). The van der Waals surface area contributed by atoms with E-state index in [0.717, 1.165) is 43.8 Å². The van der Waals surface area contributed by atoms with Gasteiger partial charge in [0.2, 0.25) is 0 Å². The van der Waals surface area contributed by atoms with Gasteiger partial charge < -0.3 is 14.4 Å². The van der Waals surface area contributed by atoms with Crippen molar-refractivity contribution < 1.29 is 14.4 Å². The summed E-state index contributed by atoms with van der Waals surface area (Å²) in [6.45, 7) is 1.70. The minimum atomic E-state index is 0.0159. The summed E-state index contributed by atoms with van der Waals surface area (Å²) >= 11 is 0. The molecule has 4 heteroatoms. The number of hydrogen-bond acceptors (Lipinski definition) is 4. The van der Waals surface area contributed by atoms with Crippen molar-refractivity contribution in [3.8, 4) is 0 Å². The molecule has 4 nitrogen and oxygen atoms in total. The molecule has 0 bridgehead atoms. The van der Waals surface area contributed by atoms with Crippen LogP contribution in [-0.2, 0) is 17.8 Å². The highest BCUT2D eigenvalue weighted by Crippen LogP contribution is 2.21. The Bertz CT molecular complexity index is 279. The highest BCUT2D eigenvalue weighted by molar-refractivity contribution is 5.12. The van der Waals surface area contributed by atoms with Gasteiger partial charge in [0.1, 0.15) is 5.76 Å². The Morgan fingerprint density at radius 3 is 2.93 bits per heavy atom. The predicted molar refractivity (Wildman–Crippen MR) is 49.7 cm³/mol. The molecule has 1 aromatic heterocycles. The molecule has 14 heavy (non-hydrogen) atoms. The first-order chi connectivity index (χ1) is 6.90. The normalized spacial score (nSPS) is 18.6. The van der Waals surface area contributed by atoms with E-state index in [9.17, 15) is 0 Å². The topological polar surface area (TPSA) is 55.5 Å². The maximum Gasteiger partial charge on any atom is 0.142 e. The number of ether oxygens (including phenoxy) is 1. The van der Waals surface area contributed by atoms with Crippen LogP contribution in [-0.4, -0.2) is 23.5 Å². The Kier molecular flexibility index (Phi) is 3.16. The van der Waals surface area contributed by atoms with Crippen molar-refractivity contribution in [3.63, 3.8) is 0 Å². The fourth-order valence-corrected chi connectivity index (χ4v) is 1.79. The summed E-state index contributed by atoms with van der Waals surface area (Å²) in [6.07, 6.45) is 4.62. The highest BCUT2D eigenvalue weighted by Gasteiger charge is 2.18. The van der Waals surface area contributed by atoms with Gasteiger partial charge in [-0.15, -0.1) is 0 Å². The molecule has 2 heterocycles. The van der Waals surface area contributed by atoms with E-state index in [1.54, 1.807) is 6.20 Å². The second kappa shape index (κ2) is 4.57. The summed E-state index contributed by atoms with van der Waals surface area (Å²) in [6, 6.07) is 0. The number of aliphatic hydroxyl groups excluding tert-OH is 1. The molecule has 1 N–H and O–H groups in total. The van der Waals surface area contributed by atoms with Crippen molar-refractivity contribution in [2.45, 2.75) is 25.9 Å². The van der Waals surface area contributed by atoms with Gasteiger partial charge in [-0.05, 0) is 18.8 Å². The molecule has 1 saturated heterocycles. The fraction of sp³-hybridized carbons (Fsp3) is 0.700. The molecule has 0 aliphatic carbocycles. The van der Waals surface area contributed by atoms with Crippen LogP contribution in [0.3, 0.4) is 0 Å². The van der Waals surface area contributed by atoms with Gasteiger partial charge in [-0.1, -0.05) is 5.16 Å². The van der Waals surface area contributed by atoms with Gasteiger partial charge in [0.15, 0.2) is 0 Å². The van der Waals surface area contributed by atoms with Crippen LogP contribution in [0.1, 0.15) is 24.2 Å². The van der Waals surface area contributed by atoms with E-state index in [-0.39, 0.29) is 6.61 Å². The summed E-state index contributed by atoms with van der Waals surface area (Å²) < 4.78 is 10.4. The molecule has 1 aliphatic rings. The van der Waals surface area contributed by atoms with Crippen molar-refractivity contribution in [2.24, 2.45) is 5.92 Å². The van der Waals surface area contributed by atoms with E-state index in [1.165, 1.54) is 0 Å². The van der Waals surface area contributed by atoms with Gasteiger partial charge in [0.25, 0.3) is 0 Å². The Balaban J connectivity index is 1.95. The Morgan fingerprint density at radius 1 is 1.43 bits per heavy atom. The van der Waals surface area contributed by atoms with Crippen molar-refractivity contribution >= 4 is 0 Å². The first-order valence-electron chi connectivity index (χ1n) is 5.01. The molecule has 0 amide bonds. The molecule has 0 radical (unpaired) electrons. The average molecular weight is 197 g/mol. The van der Waals surface area contributed by atoms with E-state index in [0.29, 0.717) is 5.92 Å². The first-order valence-corrected chi connectivity index (χ1v) is 5.01. The Morgan fingerprint density at radius 2 is 2.21 bits per heavy atom. The fourth-order valence-electron chi connectivity index (χ4n) is 1.79.